The molecule has 3 amide bonds. The summed E-state index contributed by atoms with van der Waals surface area (Å²) in [7, 11) is 0. The minimum absolute atomic E-state index is 0.119. The molecular weight excluding hydrogens is 440 g/mol. The van der Waals surface area contributed by atoms with Crippen molar-refractivity contribution >= 4 is 46.4 Å². The number of halogens is 1. The Morgan fingerprint density at radius 2 is 1.76 bits per heavy atom. The van der Waals surface area contributed by atoms with Crippen molar-refractivity contribution in [2.75, 3.05) is 22.1 Å². The average Bonchev–Trinajstić information content (AvgIpc) is 2.81. The van der Waals surface area contributed by atoms with Gasteiger partial charge in [-0.05, 0) is 68.3 Å². The van der Waals surface area contributed by atoms with Crippen molar-refractivity contribution in [1.82, 2.24) is 4.98 Å². The molecule has 33 heavy (non-hydrogen) atoms. The third kappa shape index (κ3) is 5.38. The fourth-order valence-electron chi connectivity index (χ4n) is 3.65. The molecule has 0 aliphatic carbocycles. The zero-order chi connectivity index (χ0) is 23.4. The van der Waals surface area contributed by atoms with Gasteiger partial charge in [0.25, 0.3) is 11.8 Å². The van der Waals surface area contributed by atoms with Crippen molar-refractivity contribution in [1.29, 1.82) is 0 Å². The van der Waals surface area contributed by atoms with Gasteiger partial charge in [-0.25, -0.2) is 4.98 Å². The molecule has 168 valence electrons. The summed E-state index contributed by atoms with van der Waals surface area (Å²) in [6, 6.07) is 15.5. The third-order valence-electron chi connectivity index (χ3n) is 5.39. The SMILES string of the molecule is Cc1ccc(NC(=O)c2ccc(Cl)cn2)c(C(=O)Nc2ccc(N3CCCCC3=O)cc2)c1. The van der Waals surface area contributed by atoms with Crippen LogP contribution >= 0.6 is 11.6 Å². The number of rotatable bonds is 5. The van der Waals surface area contributed by atoms with Crippen LogP contribution in [0.4, 0.5) is 17.1 Å². The van der Waals surface area contributed by atoms with E-state index in [1.165, 1.54) is 12.3 Å². The van der Waals surface area contributed by atoms with E-state index >= 15 is 0 Å². The number of nitrogens with one attached hydrogen (secondary N) is 2. The van der Waals surface area contributed by atoms with E-state index in [4.69, 9.17) is 11.6 Å². The quantitative estimate of drug-likeness (QED) is 0.554. The highest BCUT2D eigenvalue weighted by molar-refractivity contribution is 6.30. The molecule has 8 heteroatoms. The average molecular weight is 463 g/mol. The molecule has 1 aliphatic rings. The molecule has 0 saturated carbocycles. The number of hydrogen-bond acceptors (Lipinski definition) is 4. The van der Waals surface area contributed by atoms with E-state index in [9.17, 15) is 14.4 Å². The van der Waals surface area contributed by atoms with E-state index in [-0.39, 0.29) is 17.5 Å². The van der Waals surface area contributed by atoms with Crippen LogP contribution in [0.5, 0.6) is 0 Å². The highest BCUT2D eigenvalue weighted by Crippen LogP contribution is 2.24. The van der Waals surface area contributed by atoms with Crippen LogP contribution in [0, 0.1) is 6.92 Å². The molecule has 0 spiro atoms. The lowest BCUT2D eigenvalue weighted by Gasteiger charge is -2.26. The number of aromatic nitrogens is 1. The van der Waals surface area contributed by atoms with Crippen LogP contribution in [-0.4, -0.2) is 29.3 Å². The molecular formula is C25H23ClN4O3. The first-order valence-corrected chi connectivity index (χ1v) is 11.0. The summed E-state index contributed by atoms with van der Waals surface area (Å²) in [6.45, 7) is 2.58. The highest BCUT2D eigenvalue weighted by Gasteiger charge is 2.20. The first kappa shape index (κ1) is 22.5. The van der Waals surface area contributed by atoms with Gasteiger partial charge in [-0.15, -0.1) is 0 Å². The molecule has 1 aliphatic heterocycles. The summed E-state index contributed by atoms with van der Waals surface area (Å²) in [6.07, 6.45) is 3.86. The summed E-state index contributed by atoms with van der Waals surface area (Å²) in [4.78, 5) is 43.5. The van der Waals surface area contributed by atoms with Gasteiger partial charge in [0.1, 0.15) is 5.69 Å². The molecule has 1 fully saturated rings. The number of hydrogen-bond donors (Lipinski definition) is 2. The van der Waals surface area contributed by atoms with Crippen molar-refractivity contribution in [3.05, 3.63) is 82.6 Å². The molecule has 0 radical (unpaired) electrons. The number of anilines is 3. The van der Waals surface area contributed by atoms with Crippen LogP contribution in [0.2, 0.25) is 5.02 Å². The summed E-state index contributed by atoms with van der Waals surface area (Å²) in [5.74, 6) is -0.687. The summed E-state index contributed by atoms with van der Waals surface area (Å²) >= 11 is 5.83. The topological polar surface area (TPSA) is 91.4 Å². The maximum Gasteiger partial charge on any atom is 0.274 e. The molecule has 0 bridgehead atoms. The smallest absolute Gasteiger partial charge is 0.274 e. The number of aryl methyl sites for hydroxylation is 1. The van der Waals surface area contributed by atoms with Crippen LogP contribution in [0.15, 0.2) is 60.8 Å². The van der Waals surface area contributed by atoms with Crippen molar-refractivity contribution < 1.29 is 14.4 Å². The van der Waals surface area contributed by atoms with Crippen molar-refractivity contribution in [3.63, 3.8) is 0 Å². The number of piperidine rings is 1. The molecule has 1 aromatic heterocycles. The van der Waals surface area contributed by atoms with Gasteiger partial charge in [0, 0.05) is 30.5 Å². The normalized spacial score (nSPS) is 13.5. The Morgan fingerprint density at radius 3 is 2.45 bits per heavy atom. The molecule has 0 unspecified atom stereocenters. The number of amides is 3. The second-order valence-electron chi connectivity index (χ2n) is 7.87. The monoisotopic (exact) mass is 462 g/mol. The Kier molecular flexibility index (Phi) is 6.70. The van der Waals surface area contributed by atoms with Gasteiger partial charge in [-0.1, -0.05) is 23.2 Å². The molecule has 0 atom stereocenters. The van der Waals surface area contributed by atoms with Crippen LogP contribution in [0.1, 0.15) is 45.7 Å². The van der Waals surface area contributed by atoms with Gasteiger partial charge in [0.05, 0.1) is 16.3 Å². The largest absolute Gasteiger partial charge is 0.322 e. The highest BCUT2D eigenvalue weighted by atomic mass is 35.5. The van der Waals surface area contributed by atoms with E-state index in [0.29, 0.717) is 34.9 Å². The fraction of sp³-hybridized carbons (Fsp3) is 0.200. The zero-order valence-corrected chi connectivity index (χ0v) is 18.9. The Balaban J connectivity index is 1.50. The van der Waals surface area contributed by atoms with Gasteiger partial charge in [0.15, 0.2) is 0 Å². The maximum absolute atomic E-state index is 13.0. The molecule has 4 rings (SSSR count). The molecule has 2 N–H and O–H groups in total. The van der Waals surface area contributed by atoms with Crippen molar-refractivity contribution in [2.45, 2.75) is 26.2 Å². The predicted octanol–water partition coefficient (Wildman–Crippen LogP) is 5.06. The Hall–Kier alpha value is -3.71. The van der Waals surface area contributed by atoms with Crippen LogP contribution in [0.3, 0.4) is 0 Å². The van der Waals surface area contributed by atoms with Crippen molar-refractivity contribution in [2.24, 2.45) is 0 Å². The third-order valence-corrected chi connectivity index (χ3v) is 5.61. The predicted molar refractivity (Wildman–Crippen MR) is 129 cm³/mol. The minimum atomic E-state index is -0.444. The number of benzene rings is 2. The van der Waals surface area contributed by atoms with Gasteiger partial charge in [-0.2, -0.15) is 0 Å². The second-order valence-corrected chi connectivity index (χ2v) is 8.30. The van der Waals surface area contributed by atoms with E-state index in [2.05, 4.69) is 15.6 Å². The lowest BCUT2D eigenvalue weighted by Crippen LogP contribution is -2.35. The van der Waals surface area contributed by atoms with Crippen LogP contribution in [0.25, 0.3) is 0 Å². The Labute approximate surface area is 196 Å². The van der Waals surface area contributed by atoms with Gasteiger partial charge in [0.2, 0.25) is 5.91 Å². The fourth-order valence-corrected chi connectivity index (χ4v) is 3.77. The number of carbonyl (C=O) groups excluding carboxylic acids is 3. The number of nitrogens with zero attached hydrogens (tertiary/aromatic N) is 2. The summed E-state index contributed by atoms with van der Waals surface area (Å²) < 4.78 is 0. The first-order chi connectivity index (χ1) is 15.9. The van der Waals surface area contributed by atoms with Gasteiger partial charge < -0.3 is 15.5 Å². The van der Waals surface area contributed by atoms with Crippen molar-refractivity contribution in [3.8, 4) is 0 Å². The summed E-state index contributed by atoms with van der Waals surface area (Å²) in [5, 5.41) is 6.04. The maximum atomic E-state index is 13.0. The molecule has 3 aromatic rings. The molecule has 2 aromatic carbocycles. The minimum Gasteiger partial charge on any atom is -0.322 e. The lowest BCUT2D eigenvalue weighted by atomic mass is 10.1. The van der Waals surface area contributed by atoms with Gasteiger partial charge >= 0.3 is 0 Å². The van der Waals surface area contributed by atoms with E-state index in [0.717, 1.165) is 24.1 Å². The Morgan fingerprint density at radius 1 is 0.970 bits per heavy atom. The lowest BCUT2D eigenvalue weighted by molar-refractivity contribution is -0.119. The number of carbonyl (C=O) groups is 3. The van der Waals surface area contributed by atoms with E-state index in [1.807, 2.05) is 25.1 Å². The zero-order valence-electron chi connectivity index (χ0n) is 18.1. The first-order valence-electron chi connectivity index (χ1n) is 10.7. The standard InChI is InChI=1S/C25H23ClN4O3/c1-16-5-11-21(29-25(33)22-12-6-17(26)15-27-22)20(14-16)24(32)28-18-7-9-19(10-8-18)30-13-3-2-4-23(30)31/h5-12,14-15H,2-4,13H2,1H3,(H,28,32)(H,29,33). The van der Waals surface area contributed by atoms with E-state index < -0.39 is 5.91 Å². The second kappa shape index (κ2) is 9.83. The molecule has 7 nitrogen and oxygen atoms in total. The van der Waals surface area contributed by atoms with Crippen LogP contribution in [-0.2, 0) is 4.79 Å². The molecule has 1 saturated heterocycles. The number of pyridine rings is 1. The van der Waals surface area contributed by atoms with Gasteiger partial charge in [-0.3, -0.25) is 14.4 Å². The Bertz CT molecular complexity index is 1190. The summed E-state index contributed by atoms with van der Waals surface area (Å²) in [5.41, 5.74) is 3.17. The molecule has 2 heterocycles. The van der Waals surface area contributed by atoms with Crippen LogP contribution < -0.4 is 15.5 Å². The van der Waals surface area contributed by atoms with E-state index in [1.54, 1.807) is 35.2 Å².